The molecule has 2 rings (SSSR count). The van der Waals surface area contributed by atoms with Crippen LogP contribution in [0.5, 0.6) is 0 Å². The van der Waals surface area contributed by atoms with Crippen molar-refractivity contribution >= 4 is 17.3 Å². The van der Waals surface area contributed by atoms with Gasteiger partial charge in [-0.25, -0.2) is 22.0 Å². The number of aromatic nitrogens is 1. The molecule has 0 radical (unpaired) electrons. The number of carbonyl (C=O) groups is 1. The van der Waals surface area contributed by atoms with Crippen molar-refractivity contribution in [1.82, 2.24) is 4.98 Å². The largest absolute Gasteiger partial charge is 0.399 e. The summed E-state index contributed by atoms with van der Waals surface area (Å²) in [5, 5.41) is 1.58. The van der Waals surface area contributed by atoms with Crippen molar-refractivity contribution in [3.63, 3.8) is 0 Å². The fraction of sp³-hybridized carbons (Fsp3) is 0. The highest BCUT2D eigenvalue weighted by Crippen LogP contribution is 2.27. The van der Waals surface area contributed by atoms with Crippen LogP contribution in [0.1, 0.15) is 10.5 Å². The normalized spacial score (nSPS) is 10.5. The van der Waals surface area contributed by atoms with Gasteiger partial charge < -0.3 is 11.1 Å². The lowest BCUT2D eigenvalue weighted by Gasteiger charge is -2.09. The molecule has 0 aliphatic heterocycles. The van der Waals surface area contributed by atoms with Crippen LogP contribution < -0.4 is 11.1 Å². The second-order valence-corrected chi connectivity index (χ2v) is 3.87. The molecule has 2 aromatic rings. The van der Waals surface area contributed by atoms with Gasteiger partial charge in [0.2, 0.25) is 5.82 Å². The number of nitrogen functional groups attached to an aromatic ring is 1. The van der Waals surface area contributed by atoms with E-state index in [4.69, 9.17) is 5.73 Å². The van der Waals surface area contributed by atoms with Crippen LogP contribution in [0.2, 0.25) is 0 Å². The number of carbonyl (C=O) groups excluding carboxylic acids is 1. The van der Waals surface area contributed by atoms with E-state index < -0.39 is 40.7 Å². The van der Waals surface area contributed by atoms with E-state index in [1.54, 1.807) is 5.32 Å². The Labute approximate surface area is 114 Å². The maximum atomic E-state index is 13.4. The Kier molecular flexibility index (Phi) is 3.74. The smallest absolute Gasteiger partial charge is 0.274 e. The molecule has 0 aliphatic carbocycles. The van der Waals surface area contributed by atoms with Gasteiger partial charge in [-0.15, -0.1) is 0 Å². The van der Waals surface area contributed by atoms with E-state index >= 15 is 0 Å². The lowest BCUT2D eigenvalue weighted by Crippen LogP contribution is -2.18. The second-order valence-electron chi connectivity index (χ2n) is 3.87. The number of nitrogens with two attached hydrogens (primary N) is 1. The van der Waals surface area contributed by atoms with Crippen molar-refractivity contribution in [2.75, 3.05) is 11.1 Å². The number of nitrogens with one attached hydrogen (secondary N) is 1. The number of rotatable bonds is 2. The molecule has 0 saturated carbocycles. The highest BCUT2D eigenvalue weighted by Gasteiger charge is 2.27. The maximum absolute atomic E-state index is 13.4. The van der Waals surface area contributed by atoms with Gasteiger partial charge >= 0.3 is 0 Å². The van der Waals surface area contributed by atoms with Gasteiger partial charge in [-0.05, 0) is 12.1 Å². The number of hydrogen-bond acceptors (Lipinski definition) is 3. The average molecular weight is 303 g/mol. The van der Waals surface area contributed by atoms with Crippen molar-refractivity contribution in [3.05, 3.63) is 53.1 Å². The summed E-state index contributed by atoms with van der Waals surface area (Å²) >= 11 is 0. The van der Waals surface area contributed by atoms with Crippen LogP contribution in [0.15, 0.2) is 18.3 Å². The molecule has 1 aromatic carbocycles. The summed E-state index contributed by atoms with van der Waals surface area (Å²) in [5.41, 5.74) is 3.71. The van der Waals surface area contributed by atoms with Gasteiger partial charge in [0.1, 0.15) is 11.4 Å². The van der Waals surface area contributed by atoms with Crippen molar-refractivity contribution < 1.29 is 26.7 Å². The first-order valence-corrected chi connectivity index (χ1v) is 5.37. The Morgan fingerprint density at radius 2 is 1.52 bits per heavy atom. The quantitative estimate of drug-likeness (QED) is 0.509. The van der Waals surface area contributed by atoms with Crippen molar-refractivity contribution in [2.24, 2.45) is 0 Å². The van der Waals surface area contributed by atoms with Crippen LogP contribution in [0.25, 0.3) is 0 Å². The Balaban J connectivity index is 2.43. The molecule has 0 aliphatic rings. The van der Waals surface area contributed by atoms with E-state index in [-0.39, 0.29) is 11.4 Å². The lowest BCUT2D eigenvalue weighted by molar-refractivity contribution is 0.102. The van der Waals surface area contributed by atoms with E-state index in [0.717, 1.165) is 12.3 Å². The summed E-state index contributed by atoms with van der Waals surface area (Å²) in [4.78, 5) is 15.2. The maximum Gasteiger partial charge on any atom is 0.274 e. The monoisotopic (exact) mass is 303 g/mol. The molecule has 3 N–H and O–H groups in total. The van der Waals surface area contributed by atoms with Crippen molar-refractivity contribution in [1.29, 1.82) is 0 Å². The molecule has 9 heteroatoms. The highest BCUT2D eigenvalue weighted by molar-refractivity contribution is 6.03. The SMILES string of the molecule is Nc1ccnc(C(=O)Nc2c(F)c(F)c(F)c(F)c2F)c1. The third-order valence-electron chi connectivity index (χ3n) is 2.46. The summed E-state index contributed by atoms with van der Waals surface area (Å²) in [7, 11) is 0. The van der Waals surface area contributed by atoms with Gasteiger partial charge in [-0.2, -0.15) is 0 Å². The summed E-state index contributed by atoms with van der Waals surface area (Å²) in [5.74, 6) is -12.1. The van der Waals surface area contributed by atoms with Crippen LogP contribution >= 0.6 is 0 Å². The average Bonchev–Trinajstić information content (AvgIpc) is 2.47. The number of halogens is 5. The molecule has 4 nitrogen and oxygen atoms in total. The minimum Gasteiger partial charge on any atom is -0.399 e. The number of nitrogens with zero attached hydrogens (tertiary/aromatic N) is 1. The minimum atomic E-state index is -2.31. The number of amides is 1. The fourth-order valence-corrected chi connectivity index (χ4v) is 1.46. The predicted molar refractivity (Wildman–Crippen MR) is 62.8 cm³/mol. The predicted octanol–water partition coefficient (Wildman–Crippen LogP) is 2.61. The fourth-order valence-electron chi connectivity index (χ4n) is 1.46. The molecular weight excluding hydrogens is 297 g/mol. The van der Waals surface area contributed by atoms with Crippen LogP contribution in [0.3, 0.4) is 0 Å². The molecule has 0 saturated heterocycles. The number of anilines is 2. The standard InChI is InChI=1S/C12H6F5N3O/c13-6-7(14)9(16)11(10(17)8(6)15)20-12(21)5-3-4(18)1-2-19-5/h1-3H,(H2,18,19)(H,20,21). The van der Waals surface area contributed by atoms with Crippen LogP contribution in [0, 0.1) is 29.1 Å². The molecule has 0 bridgehead atoms. The van der Waals surface area contributed by atoms with Gasteiger partial charge in [0.15, 0.2) is 23.3 Å². The van der Waals surface area contributed by atoms with Crippen molar-refractivity contribution in [3.8, 4) is 0 Å². The van der Waals surface area contributed by atoms with E-state index in [1.165, 1.54) is 6.07 Å². The van der Waals surface area contributed by atoms with Gasteiger partial charge in [-0.3, -0.25) is 9.78 Å². The first-order valence-electron chi connectivity index (χ1n) is 5.37. The van der Waals surface area contributed by atoms with Gasteiger partial charge in [0.05, 0.1) is 0 Å². The Morgan fingerprint density at radius 1 is 1.00 bits per heavy atom. The minimum absolute atomic E-state index is 0.132. The first-order chi connectivity index (χ1) is 9.82. The zero-order valence-electron chi connectivity index (χ0n) is 10.1. The van der Waals surface area contributed by atoms with Crippen LogP contribution in [-0.2, 0) is 0 Å². The molecule has 110 valence electrons. The Morgan fingerprint density at radius 3 is 2.05 bits per heavy atom. The second kappa shape index (κ2) is 5.35. The third kappa shape index (κ3) is 2.62. The van der Waals surface area contributed by atoms with Gasteiger partial charge in [0, 0.05) is 11.9 Å². The van der Waals surface area contributed by atoms with Gasteiger partial charge in [0.25, 0.3) is 5.91 Å². The summed E-state index contributed by atoms with van der Waals surface area (Å²) in [6.07, 6.45) is 1.14. The zero-order chi connectivity index (χ0) is 15.7. The molecule has 0 spiro atoms. The number of hydrogen-bond donors (Lipinski definition) is 2. The van der Waals surface area contributed by atoms with Crippen LogP contribution in [0.4, 0.5) is 33.3 Å². The third-order valence-corrected chi connectivity index (χ3v) is 2.46. The molecule has 21 heavy (non-hydrogen) atoms. The van der Waals surface area contributed by atoms with E-state index in [2.05, 4.69) is 4.98 Å². The van der Waals surface area contributed by atoms with Gasteiger partial charge in [-0.1, -0.05) is 0 Å². The molecule has 0 unspecified atom stereocenters. The Hall–Kier alpha value is -2.71. The number of pyridine rings is 1. The molecular formula is C12H6F5N3O. The summed E-state index contributed by atoms with van der Waals surface area (Å²) in [6, 6.07) is 2.41. The molecule has 1 heterocycles. The van der Waals surface area contributed by atoms with E-state index in [9.17, 15) is 26.7 Å². The lowest BCUT2D eigenvalue weighted by atomic mass is 10.2. The zero-order valence-corrected chi connectivity index (χ0v) is 10.1. The van der Waals surface area contributed by atoms with Crippen molar-refractivity contribution in [2.45, 2.75) is 0 Å². The summed E-state index contributed by atoms with van der Waals surface area (Å²) < 4.78 is 65.5. The van der Waals surface area contributed by atoms with E-state index in [0.29, 0.717) is 0 Å². The first kappa shape index (κ1) is 14.7. The molecule has 1 amide bonds. The molecule has 0 fully saturated rings. The highest BCUT2D eigenvalue weighted by atomic mass is 19.2. The topological polar surface area (TPSA) is 68.0 Å². The van der Waals surface area contributed by atoms with Crippen LogP contribution in [-0.4, -0.2) is 10.9 Å². The molecule has 0 atom stereocenters. The molecule has 1 aromatic heterocycles. The number of benzene rings is 1. The summed E-state index contributed by atoms with van der Waals surface area (Å²) in [6.45, 7) is 0. The van der Waals surface area contributed by atoms with E-state index in [1.807, 2.05) is 0 Å². The Bertz CT molecular complexity index is 706.